The van der Waals surface area contributed by atoms with Crippen molar-refractivity contribution in [1.82, 2.24) is 4.90 Å². The highest BCUT2D eigenvalue weighted by Crippen LogP contribution is 2.28. The molecule has 2 heterocycles. The number of nitrogens with zero attached hydrogens (tertiary/aromatic N) is 2. The van der Waals surface area contributed by atoms with Crippen molar-refractivity contribution in [3.05, 3.63) is 11.3 Å². The Hall–Kier alpha value is -1.77. The molecule has 0 aromatic carbocycles. The molecule has 0 unspecified atom stereocenters. The van der Waals surface area contributed by atoms with E-state index < -0.39 is 36.9 Å². The summed E-state index contributed by atoms with van der Waals surface area (Å²) in [6, 6.07) is -0.726. The topological polar surface area (TPSA) is 120 Å². The van der Waals surface area contributed by atoms with Crippen molar-refractivity contribution in [2.45, 2.75) is 18.3 Å². The minimum absolute atomic E-state index is 0.111. The number of aliphatic imine (C=N–C) groups is 1. The number of likely N-dealkylation sites (N-methyl/N-ethyl adjacent to an activating group) is 1. The van der Waals surface area contributed by atoms with E-state index in [0.29, 0.717) is 0 Å². The minimum atomic E-state index is -1.44. The lowest BCUT2D eigenvalue weighted by Gasteiger charge is -2.18. The molecule has 1 fully saturated rings. The summed E-state index contributed by atoms with van der Waals surface area (Å²) >= 11 is 0. The maximum Gasteiger partial charge on any atom is 0.350 e. The SMILES string of the molecule is CN1C(=O)N=C/C(=C2\O[C@H](CO)[C@@H](O)[C@H]2O)C1=O. The summed E-state index contributed by atoms with van der Waals surface area (Å²) in [4.78, 5) is 27.1. The number of hydrogen-bond acceptors (Lipinski definition) is 6. The standard InChI is InChI=1S/C10H12N2O6/c1-12-9(16)4(2-11-10(12)17)8-7(15)6(14)5(3-13)18-8/h2,5-7,13-15H,3H2,1H3/b8-4+/t5-,6-,7-/m1/s1. The second-order valence-electron chi connectivity index (χ2n) is 3.96. The molecule has 1 saturated heterocycles. The van der Waals surface area contributed by atoms with Crippen molar-refractivity contribution in [3.8, 4) is 0 Å². The first kappa shape index (κ1) is 12.7. The van der Waals surface area contributed by atoms with Gasteiger partial charge >= 0.3 is 6.03 Å². The van der Waals surface area contributed by atoms with Crippen LogP contribution in [0, 0.1) is 0 Å². The van der Waals surface area contributed by atoms with Gasteiger partial charge in [-0.15, -0.1) is 0 Å². The molecular weight excluding hydrogens is 244 g/mol. The van der Waals surface area contributed by atoms with Crippen molar-refractivity contribution in [2.75, 3.05) is 13.7 Å². The van der Waals surface area contributed by atoms with Gasteiger partial charge in [0.15, 0.2) is 6.10 Å². The lowest BCUT2D eigenvalue weighted by Crippen LogP contribution is -2.37. The molecule has 2 aliphatic rings. The van der Waals surface area contributed by atoms with Crippen LogP contribution in [0.4, 0.5) is 4.79 Å². The highest BCUT2D eigenvalue weighted by molar-refractivity contribution is 6.22. The second-order valence-corrected chi connectivity index (χ2v) is 3.96. The molecule has 2 rings (SSSR count). The number of aliphatic hydroxyl groups excluding tert-OH is 3. The Bertz CT molecular complexity index is 457. The van der Waals surface area contributed by atoms with Crippen molar-refractivity contribution in [1.29, 1.82) is 0 Å². The number of ether oxygens (including phenoxy) is 1. The Balaban J connectivity index is 2.40. The van der Waals surface area contributed by atoms with Gasteiger partial charge in [0.1, 0.15) is 18.0 Å². The van der Waals surface area contributed by atoms with Crippen LogP contribution >= 0.6 is 0 Å². The summed E-state index contributed by atoms with van der Waals surface area (Å²) < 4.78 is 5.11. The van der Waals surface area contributed by atoms with Crippen LogP contribution in [-0.2, 0) is 9.53 Å². The van der Waals surface area contributed by atoms with Gasteiger partial charge in [-0.25, -0.2) is 9.79 Å². The van der Waals surface area contributed by atoms with E-state index in [-0.39, 0.29) is 11.3 Å². The average molecular weight is 256 g/mol. The highest BCUT2D eigenvalue weighted by Gasteiger charge is 2.43. The summed E-state index contributed by atoms with van der Waals surface area (Å²) in [6.07, 6.45) is -2.79. The molecule has 0 aromatic heterocycles. The van der Waals surface area contributed by atoms with Gasteiger partial charge in [0.2, 0.25) is 0 Å². The number of carbonyl (C=O) groups is 2. The number of rotatable bonds is 1. The molecule has 0 radical (unpaired) electrons. The van der Waals surface area contributed by atoms with Gasteiger partial charge in [0.25, 0.3) is 5.91 Å². The number of carbonyl (C=O) groups excluding carboxylic acids is 2. The Morgan fingerprint density at radius 3 is 2.67 bits per heavy atom. The number of urea groups is 1. The lowest BCUT2D eigenvalue weighted by molar-refractivity contribution is -0.123. The molecule has 0 aromatic rings. The largest absolute Gasteiger partial charge is 0.486 e. The van der Waals surface area contributed by atoms with Crippen LogP contribution in [0.2, 0.25) is 0 Å². The highest BCUT2D eigenvalue weighted by atomic mass is 16.5. The summed E-state index contributed by atoms with van der Waals surface area (Å²) in [5.41, 5.74) is -0.111. The predicted molar refractivity (Wildman–Crippen MR) is 57.7 cm³/mol. The van der Waals surface area contributed by atoms with E-state index in [1.54, 1.807) is 0 Å². The zero-order valence-corrected chi connectivity index (χ0v) is 9.48. The van der Waals surface area contributed by atoms with E-state index in [1.807, 2.05) is 0 Å². The van der Waals surface area contributed by atoms with Gasteiger partial charge in [-0.2, -0.15) is 0 Å². The van der Waals surface area contributed by atoms with E-state index in [4.69, 9.17) is 9.84 Å². The molecular formula is C10H12N2O6. The third kappa shape index (κ3) is 1.80. The Morgan fingerprint density at radius 1 is 1.44 bits per heavy atom. The van der Waals surface area contributed by atoms with Gasteiger partial charge < -0.3 is 20.1 Å². The fraction of sp³-hybridized carbons (Fsp3) is 0.500. The number of amides is 3. The van der Waals surface area contributed by atoms with Crippen LogP contribution in [0.1, 0.15) is 0 Å². The first-order chi connectivity index (χ1) is 8.47. The third-order valence-electron chi connectivity index (χ3n) is 2.82. The molecule has 8 heteroatoms. The molecule has 3 amide bonds. The molecule has 8 nitrogen and oxygen atoms in total. The fourth-order valence-electron chi connectivity index (χ4n) is 1.73. The molecule has 0 bridgehead atoms. The van der Waals surface area contributed by atoms with Crippen LogP contribution in [0.25, 0.3) is 0 Å². The molecule has 98 valence electrons. The first-order valence-corrected chi connectivity index (χ1v) is 5.21. The monoisotopic (exact) mass is 256 g/mol. The molecule has 0 saturated carbocycles. The maximum absolute atomic E-state index is 11.8. The third-order valence-corrected chi connectivity index (χ3v) is 2.82. The predicted octanol–water partition coefficient (Wildman–Crippen LogP) is -1.98. The van der Waals surface area contributed by atoms with Crippen LogP contribution in [0.3, 0.4) is 0 Å². The van der Waals surface area contributed by atoms with Gasteiger partial charge in [-0.1, -0.05) is 0 Å². The molecule has 2 aliphatic heterocycles. The molecule has 3 atom stereocenters. The van der Waals surface area contributed by atoms with Gasteiger partial charge in [-0.3, -0.25) is 9.69 Å². The van der Waals surface area contributed by atoms with Crippen LogP contribution in [0.5, 0.6) is 0 Å². The Morgan fingerprint density at radius 2 is 2.11 bits per heavy atom. The summed E-state index contributed by atoms with van der Waals surface area (Å²) in [6.45, 7) is -0.505. The summed E-state index contributed by atoms with van der Waals surface area (Å²) in [5, 5.41) is 28.2. The van der Waals surface area contributed by atoms with Gasteiger partial charge in [0, 0.05) is 13.3 Å². The average Bonchev–Trinajstić information content (AvgIpc) is 2.64. The zero-order chi connectivity index (χ0) is 13.4. The maximum atomic E-state index is 11.8. The zero-order valence-electron chi connectivity index (χ0n) is 9.48. The van der Waals surface area contributed by atoms with Crippen LogP contribution in [0.15, 0.2) is 16.3 Å². The van der Waals surface area contributed by atoms with E-state index in [0.717, 1.165) is 11.1 Å². The lowest BCUT2D eigenvalue weighted by atomic mass is 10.1. The smallest absolute Gasteiger partial charge is 0.350 e. The number of imide groups is 1. The summed E-state index contributed by atoms with van der Waals surface area (Å²) in [7, 11) is 1.24. The summed E-state index contributed by atoms with van der Waals surface area (Å²) in [5.74, 6) is -0.871. The number of aliphatic hydroxyl groups is 3. The number of hydrogen-bond donors (Lipinski definition) is 3. The first-order valence-electron chi connectivity index (χ1n) is 5.21. The quantitative estimate of drug-likeness (QED) is 0.467. The van der Waals surface area contributed by atoms with Crippen molar-refractivity contribution < 1.29 is 29.6 Å². The van der Waals surface area contributed by atoms with Gasteiger partial charge in [0.05, 0.1) is 12.2 Å². The van der Waals surface area contributed by atoms with E-state index in [1.165, 1.54) is 7.05 Å². The molecule has 0 spiro atoms. The van der Waals surface area contributed by atoms with Gasteiger partial charge in [-0.05, 0) is 0 Å². The fourth-order valence-corrected chi connectivity index (χ4v) is 1.73. The second kappa shape index (κ2) is 4.48. The molecule has 0 aliphatic carbocycles. The van der Waals surface area contributed by atoms with Crippen molar-refractivity contribution in [2.24, 2.45) is 4.99 Å². The van der Waals surface area contributed by atoms with Crippen LogP contribution in [-0.4, -0.2) is 70.3 Å². The van der Waals surface area contributed by atoms with Crippen LogP contribution < -0.4 is 0 Å². The molecule has 18 heavy (non-hydrogen) atoms. The van der Waals surface area contributed by atoms with E-state index in [9.17, 15) is 19.8 Å². The van der Waals surface area contributed by atoms with E-state index >= 15 is 0 Å². The normalized spacial score (nSPS) is 36.2. The minimum Gasteiger partial charge on any atom is -0.486 e. The van der Waals surface area contributed by atoms with E-state index in [2.05, 4.69) is 4.99 Å². The Labute approximate surface area is 102 Å². The van der Waals surface area contributed by atoms with Crippen molar-refractivity contribution in [3.63, 3.8) is 0 Å². The van der Waals surface area contributed by atoms with Crippen molar-refractivity contribution >= 4 is 18.2 Å². The Kier molecular flexibility index (Phi) is 3.16. The molecule has 3 N–H and O–H groups in total.